The van der Waals surface area contributed by atoms with Crippen LogP contribution in [0.15, 0.2) is 53.8 Å². The third-order valence-corrected chi connectivity index (χ3v) is 3.77. The normalized spacial score (nSPS) is 11.7. The maximum absolute atomic E-state index is 4.25. The molecular weight excluding hydrogens is 288 g/mol. The quantitative estimate of drug-likeness (QED) is 0.570. The first-order chi connectivity index (χ1) is 11.3. The van der Waals surface area contributed by atoms with Crippen LogP contribution >= 0.6 is 0 Å². The first-order valence-electron chi connectivity index (χ1n) is 7.52. The zero-order valence-electron chi connectivity index (χ0n) is 13.3. The molecule has 2 N–H and O–H groups in total. The standard InChI is InChI=1S/C17H20N6/c1-18-17(20-11-16-21-12-22-23(16)2)19-10-14-8-5-7-13-6-3-4-9-15(13)14/h3-9,12H,10-11H2,1-2H3,(H2,18,19,20). The fourth-order valence-corrected chi connectivity index (χ4v) is 2.49. The highest BCUT2D eigenvalue weighted by Crippen LogP contribution is 2.18. The molecule has 0 bridgehead atoms. The van der Waals surface area contributed by atoms with Gasteiger partial charge in [0.05, 0.1) is 6.54 Å². The second kappa shape index (κ2) is 6.91. The Balaban J connectivity index is 1.65. The maximum atomic E-state index is 4.25. The average molecular weight is 308 g/mol. The molecule has 1 aromatic heterocycles. The second-order valence-corrected chi connectivity index (χ2v) is 5.22. The van der Waals surface area contributed by atoms with E-state index >= 15 is 0 Å². The first kappa shape index (κ1) is 15.0. The van der Waals surface area contributed by atoms with E-state index in [1.165, 1.54) is 16.3 Å². The van der Waals surface area contributed by atoms with Gasteiger partial charge in [-0.15, -0.1) is 0 Å². The van der Waals surface area contributed by atoms with E-state index in [2.05, 4.69) is 68.2 Å². The van der Waals surface area contributed by atoms with Crippen molar-refractivity contribution in [3.63, 3.8) is 0 Å². The van der Waals surface area contributed by atoms with Crippen molar-refractivity contribution in [3.8, 4) is 0 Å². The highest BCUT2D eigenvalue weighted by Gasteiger charge is 2.04. The molecule has 3 rings (SSSR count). The van der Waals surface area contributed by atoms with Gasteiger partial charge in [-0.2, -0.15) is 5.10 Å². The van der Waals surface area contributed by atoms with E-state index in [9.17, 15) is 0 Å². The molecule has 0 aliphatic rings. The summed E-state index contributed by atoms with van der Waals surface area (Å²) in [6.45, 7) is 1.28. The SMILES string of the molecule is CN=C(NCc1cccc2ccccc12)NCc1ncnn1C. The number of aryl methyl sites for hydroxylation is 1. The summed E-state index contributed by atoms with van der Waals surface area (Å²) in [5, 5.41) is 13.1. The van der Waals surface area contributed by atoms with Gasteiger partial charge in [0.25, 0.3) is 0 Å². The third-order valence-electron chi connectivity index (χ3n) is 3.77. The molecule has 1 heterocycles. The molecule has 0 saturated heterocycles. The highest BCUT2D eigenvalue weighted by molar-refractivity contribution is 5.86. The van der Waals surface area contributed by atoms with E-state index in [-0.39, 0.29) is 0 Å². The van der Waals surface area contributed by atoms with Gasteiger partial charge in [-0.1, -0.05) is 42.5 Å². The third kappa shape index (κ3) is 3.48. The van der Waals surface area contributed by atoms with Crippen LogP contribution in [0, 0.1) is 0 Å². The highest BCUT2D eigenvalue weighted by atomic mass is 15.3. The topological polar surface area (TPSA) is 67.1 Å². The average Bonchev–Trinajstić information content (AvgIpc) is 3.00. The monoisotopic (exact) mass is 308 g/mol. The number of nitrogens with one attached hydrogen (secondary N) is 2. The summed E-state index contributed by atoms with van der Waals surface area (Å²) in [6.07, 6.45) is 1.54. The number of fused-ring (bicyclic) bond motifs is 1. The van der Waals surface area contributed by atoms with Crippen molar-refractivity contribution in [1.82, 2.24) is 25.4 Å². The van der Waals surface area contributed by atoms with Crippen LogP contribution in [0.4, 0.5) is 0 Å². The molecule has 6 nitrogen and oxygen atoms in total. The van der Waals surface area contributed by atoms with E-state index < -0.39 is 0 Å². The lowest BCUT2D eigenvalue weighted by molar-refractivity contribution is 0.673. The molecule has 0 fully saturated rings. The Kier molecular flexibility index (Phi) is 4.52. The van der Waals surface area contributed by atoms with Gasteiger partial charge in [-0.25, -0.2) is 4.98 Å². The number of aliphatic imine (C=N–C) groups is 1. The van der Waals surface area contributed by atoms with Gasteiger partial charge >= 0.3 is 0 Å². The Morgan fingerprint density at radius 1 is 1.09 bits per heavy atom. The molecule has 2 aromatic carbocycles. The largest absolute Gasteiger partial charge is 0.352 e. The second-order valence-electron chi connectivity index (χ2n) is 5.22. The number of aromatic nitrogens is 3. The van der Waals surface area contributed by atoms with E-state index in [0.717, 1.165) is 11.8 Å². The number of hydrogen-bond acceptors (Lipinski definition) is 3. The lowest BCUT2D eigenvalue weighted by Crippen LogP contribution is -2.37. The molecule has 0 atom stereocenters. The summed E-state index contributed by atoms with van der Waals surface area (Å²) < 4.78 is 1.74. The van der Waals surface area contributed by atoms with Crippen LogP contribution in [0.2, 0.25) is 0 Å². The minimum absolute atomic E-state index is 0.575. The Labute approximate surface area is 135 Å². The molecule has 3 aromatic rings. The zero-order chi connectivity index (χ0) is 16.1. The van der Waals surface area contributed by atoms with E-state index in [1.807, 2.05) is 7.05 Å². The van der Waals surface area contributed by atoms with Crippen LogP contribution in [0.3, 0.4) is 0 Å². The van der Waals surface area contributed by atoms with Crippen molar-refractivity contribution in [1.29, 1.82) is 0 Å². The van der Waals surface area contributed by atoms with Crippen molar-refractivity contribution in [3.05, 3.63) is 60.2 Å². The van der Waals surface area contributed by atoms with Crippen LogP contribution in [-0.4, -0.2) is 27.8 Å². The summed E-state index contributed by atoms with van der Waals surface area (Å²) in [4.78, 5) is 8.44. The molecule has 0 radical (unpaired) electrons. The van der Waals surface area contributed by atoms with Crippen LogP contribution in [0.1, 0.15) is 11.4 Å². The molecular formula is C17H20N6. The Bertz CT molecular complexity index is 815. The first-order valence-corrected chi connectivity index (χ1v) is 7.52. The fraction of sp³-hybridized carbons (Fsp3) is 0.235. The lowest BCUT2D eigenvalue weighted by atomic mass is 10.0. The summed E-state index contributed by atoms with van der Waals surface area (Å²) in [5.41, 5.74) is 1.24. The molecule has 6 heteroatoms. The van der Waals surface area contributed by atoms with Crippen molar-refractivity contribution in [2.45, 2.75) is 13.1 Å². The predicted molar refractivity (Wildman–Crippen MR) is 92.0 cm³/mol. The van der Waals surface area contributed by atoms with Gasteiger partial charge in [-0.05, 0) is 16.3 Å². The number of guanidine groups is 1. The van der Waals surface area contributed by atoms with Crippen molar-refractivity contribution in [2.24, 2.45) is 12.0 Å². The summed E-state index contributed by atoms with van der Waals surface area (Å²) in [7, 11) is 3.63. The van der Waals surface area contributed by atoms with E-state index in [1.54, 1.807) is 18.1 Å². The lowest BCUT2D eigenvalue weighted by Gasteiger charge is -2.13. The number of benzene rings is 2. The summed E-state index contributed by atoms with van der Waals surface area (Å²) in [5.74, 6) is 1.60. The van der Waals surface area contributed by atoms with Gasteiger partial charge in [0.2, 0.25) is 0 Å². The molecule has 0 aliphatic heterocycles. The summed E-state index contributed by atoms with van der Waals surface area (Å²) in [6, 6.07) is 14.7. The van der Waals surface area contributed by atoms with Gasteiger partial charge in [0.15, 0.2) is 5.96 Å². The van der Waals surface area contributed by atoms with Gasteiger partial charge in [0.1, 0.15) is 12.2 Å². The molecule has 23 heavy (non-hydrogen) atoms. The van der Waals surface area contributed by atoms with Gasteiger partial charge in [-0.3, -0.25) is 9.67 Å². The van der Waals surface area contributed by atoms with Crippen LogP contribution < -0.4 is 10.6 Å². The molecule has 0 spiro atoms. The molecule has 0 amide bonds. The molecule has 0 unspecified atom stereocenters. The van der Waals surface area contributed by atoms with Crippen LogP contribution in [0.25, 0.3) is 10.8 Å². The Morgan fingerprint density at radius 3 is 2.65 bits per heavy atom. The predicted octanol–water partition coefficient (Wildman–Crippen LogP) is 1.83. The molecule has 0 saturated carbocycles. The van der Waals surface area contributed by atoms with Crippen molar-refractivity contribution in [2.75, 3.05) is 7.05 Å². The van der Waals surface area contributed by atoms with E-state index in [0.29, 0.717) is 13.1 Å². The number of nitrogens with zero attached hydrogens (tertiary/aromatic N) is 4. The number of rotatable bonds is 4. The Hall–Kier alpha value is -2.89. The van der Waals surface area contributed by atoms with Gasteiger partial charge < -0.3 is 10.6 Å². The van der Waals surface area contributed by atoms with E-state index in [4.69, 9.17) is 0 Å². The fourth-order valence-electron chi connectivity index (χ4n) is 2.49. The zero-order valence-corrected chi connectivity index (χ0v) is 13.3. The van der Waals surface area contributed by atoms with Crippen molar-refractivity contribution >= 4 is 16.7 Å². The molecule has 0 aliphatic carbocycles. The van der Waals surface area contributed by atoms with Crippen LogP contribution in [0.5, 0.6) is 0 Å². The smallest absolute Gasteiger partial charge is 0.191 e. The van der Waals surface area contributed by atoms with Crippen LogP contribution in [-0.2, 0) is 20.1 Å². The minimum atomic E-state index is 0.575. The summed E-state index contributed by atoms with van der Waals surface area (Å²) >= 11 is 0. The maximum Gasteiger partial charge on any atom is 0.191 e. The van der Waals surface area contributed by atoms with Crippen molar-refractivity contribution < 1.29 is 0 Å². The molecule has 118 valence electrons. The minimum Gasteiger partial charge on any atom is -0.352 e. The van der Waals surface area contributed by atoms with Gasteiger partial charge in [0, 0.05) is 20.6 Å². The number of hydrogen-bond donors (Lipinski definition) is 2. The Morgan fingerprint density at radius 2 is 1.87 bits per heavy atom.